The summed E-state index contributed by atoms with van der Waals surface area (Å²) in [5.74, 6) is 0.818. The van der Waals surface area contributed by atoms with E-state index in [0.717, 1.165) is 18.6 Å². The topological polar surface area (TPSA) is 58.6 Å². The molecule has 0 atom stereocenters. The van der Waals surface area contributed by atoms with Crippen LogP contribution in [0.5, 0.6) is 5.75 Å². The minimum Gasteiger partial charge on any atom is -0.489 e. The highest BCUT2D eigenvalue weighted by Crippen LogP contribution is 2.22. The molecule has 126 valence electrons. The summed E-state index contributed by atoms with van der Waals surface area (Å²) in [6.45, 7) is 2.85. The molecule has 24 heavy (non-hydrogen) atoms. The van der Waals surface area contributed by atoms with Crippen molar-refractivity contribution in [3.8, 4) is 5.75 Å². The SMILES string of the molecule is CC(=O)Nc1ccc(C(=O)N2CCC(Oc3ccsc3)CC2)cc1. The Morgan fingerprint density at radius 1 is 1.17 bits per heavy atom. The van der Waals surface area contributed by atoms with Crippen LogP contribution in [-0.4, -0.2) is 35.9 Å². The summed E-state index contributed by atoms with van der Waals surface area (Å²) in [6.07, 6.45) is 1.85. The molecule has 1 aromatic carbocycles. The molecule has 6 heteroatoms. The van der Waals surface area contributed by atoms with Gasteiger partial charge in [0.15, 0.2) is 0 Å². The van der Waals surface area contributed by atoms with Crippen molar-refractivity contribution >= 4 is 28.8 Å². The number of thiophene rings is 1. The summed E-state index contributed by atoms with van der Waals surface area (Å²) in [6, 6.07) is 8.98. The van der Waals surface area contributed by atoms with Gasteiger partial charge in [0.1, 0.15) is 11.9 Å². The molecule has 0 unspecified atom stereocenters. The van der Waals surface area contributed by atoms with Gasteiger partial charge >= 0.3 is 0 Å². The third-order valence-electron chi connectivity index (χ3n) is 3.98. The van der Waals surface area contributed by atoms with E-state index in [-0.39, 0.29) is 17.9 Å². The molecule has 5 nitrogen and oxygen atoms in total. The van der Waals surface area contributed by atoms with Crippen molar-refractivity contribution in [1.82, 2.24) is 4.90 Å². The van der Waals surface area contributed by atoms with E-state index in [1.807, 2.05) is 21.7 Å². The standard InChI is InChI=1S/C18H20N2O3S/c1-13(21)19-15-4-2-14(3-5-15)18(22)20-9-6-16(7-10-20)23-17-8-11-24-12-17/h2-5,8,11-12,16H,6-7,9-10H2,1H3,(H,19,21). The van der Waals surface area contributed by atoms with Crippen molar-refractivity contribution in [1.29, 1.82) is 0 Å². The zero-order chi connectivity index (χ0) is 16.9. The predicted molar refractivity (Wildman–Crippen MR) is 94.6 cm³/mol. The number of carbonyl (C=O) groups is 2. The van der Waals surface area contributed by atoms with Crippen molar-refractivity contribution in [2.45, 2.75) is 25.9 Å². The van der Waals surface area contributed by atoms with Gasteiger partial charge in [0.05, 0.1) is 0 Å². The Labute approximate surface area is 145 Å². The zero-order valence-corrected chi connectivity index (χ0v) is 14.3. The fraction of sp³-hybridized carbons (Fsp3) is 0.333. The Balaban J connectivity index is 1.54. The van der Waals surface area contributed by atoms with Crippen LogP contribution in [0, 0.1) is 0 Å². The normalized spacial score (nSPS) is 15.1. The number of likely N-dealkylation sites (tertiary alicyclic amines) is 1. The number of nitrogens with zero attached hydrogens (tertiary/aromatic N) is 1. The van der Waals surface area contributed by atoms with Crippen LogP contribution in [-0.2, 0) is 4.79 Å². The maximum absolute atomic E-state index is 12.6. The van der Waals surface area contributed by atoms with Crippen LogP contribution in [0.1, 0.15) is 30.1 Å². The number of carbonyl (C=O) groups excluding carboxylic acids is 2. The Morgan fingerprint density at radius 2 is 1.88 bits per heavy atom. The van der Waals surface area contributed by atoms with E-state index in [1.165, 1.54) is 6.92 Å². The third kappa shape index (κ3) is 4.14. The largest absolute Gasteiger partial charge is 0.489 e. The molecule has 1 N–H and O–H groups in total. The molecule has 1 aromatic heterocycles. The molecule has 0 saturated carbocycles. The Hall–Kier alpha value is -2.34. The number of rotatable bonds is 4. The van der Waals surface area contributed by atoms with E-state index in [2.05, 4.69) is 5.32 Å². The first-order valence-corrected chi connectivity index (χ1v) is 8.92. The number of hydrogen-bond acceptors (Lipinski definition) is 4. The first-order chi connectivity index (χ1) is 11.6. The molecule has 0 aliphatic carbocycles. The van der Waals surface area contributed by atoms with Gasteiger partial charge in [0.2, 0.25) is 5.91 Å². The number of piperidine rings is 1. The van der Waals surface area contributed by atoms with E-state index < -0.39 is 0 Å². The summed E-state index contributed by atoms with van der Waals surface area (Å²) in [4.78, 5) is 25.4. The van der Waals surface area contributed by atoms with Crippen molar-refractivity contribution in [3.63, 3.8) is 0 Å². The summed E-state index contributed by atoms with van der Waals surface area (Å²) in [5.41, 5.74) is 1.34. The molecule has 1 aliphatic rings. The maximum atomic E-state index is 12.6. The molecule has 1 saturated heterocycles. The Morgan fingerprint density at radius 3 is 2.46 bits per heavy atom. The number of benzene rings is 1. The fourth-order valence-electron chi connectivity index (χ4n) is 2.77. The first kappa shape index (κ1) is 16.5. The molecule has 2 aromatic rings. The monoisotopic (exact) mass is 344 g/mol. The van der Waals surface area contributed by atoms with Crippen LogP contribution in [0.4, 0.5) is 5.69 Å². The van der Waals surface area contributed by atoms with Gasteiger partial charge in [-0.1, -0.05) is 0 Å². The Bertz CT molecular complexity index is 690. The first-order valence-electron chi connectivity index (χ1n) is 7.97. The quantitative estimate of drug-likeness (QED) is 0.925. The van der Waals surface area contributed by atoms with E-state index >= 15 is 0 Å². The average molecular weight is 344 g/mol. The van der Waals surface area contributed by atoms with Gasteiger partial charge in [-0.3, -0.25) is 9.59 Å². The second kappa shape index (κ2) is 7.49. The van der Waals surface area contributed by atoms with Crippen molar-refractivity contribution in [3.05, 3.63) is 46.7 Å². The molecule has 0 bridgehead atoms. The van der Waals surface area contributed by atoms with E-state index in [4.69, 9.17) is 4.74 Å². The van der Waals surface area contributed by atoms with Crippen molar-refractivity contribution in [2.75, 3.05) is 18.4 Å². The van der Waals surface area contributed by atoms with Gasteiger partial charge in [0, 0.05) is 49.5 Å². The maximum Gasteiger partial charge on any atom is 0.253 e. The number of amides is 2. The average Bonchev–Trinajstić information content (AvgIpc) is 3.08. The summed E-state index contributed by atoms with van der Waals surface area (Å²) in [5, 5.41) is 6.69. The van der Waals surface area contributed by atoms with Crippen molar-refractivity contribution < 1.29 is 14.3 Å². The molecule has 2 heterocycles. The van der Waals surface area contributed by atoms with E-state index in [0.29, 0.717) is 24.3 Å². The molecule has 2 amide bonds. The third-order valence-corrected chi connectivity index (χ3v) is 4.64. The van der Waals surface area contributed by atoms with Crippen LogP contribution < -0.4 is 10.1 Å². The van der Waals surface area contributed by atoms with Gasteiger partial charge < -0.3 is 15.0 Å². The van der Waals surface area contributed by atoms with Gasteiger partial charge in [-0.05, 0) is 35.7 Å². The van der Waals surface area contributed by atoms with Gasteiger partial charge in [0.25, 0.3) is 5.91 Å². The van der Waals surface area contributed by atoms with Crippen molar-refractivity contribution in [2.24, 2.45) is 0 Å². The summed E-state index contributed by atoms with van der Waals surface area (Å²) in [7, 11) is 0. The van der Waals surface area contributed by atoms with Crippen LogP contribution in [0.15, 0.2) is 41.1 Å². The van der Waals surface area contributed by atoms with Gasteiger partial charge in [-0.15, -0.1) is 11.3 Å². The molecule has 1 fully saturated rings. The number of hydrogen-bond donors (Lipinski definition) is 1. The highest BCUT2D eigenvalue weighted by molar-refractivity contribution is 7.08. The predicted octanol–water partition coefficient (Wildman–Crippen LogP) is 3.39. The van der Waals surface area contributed by atoms with Crippen LogP contribution >= 0.6 is 11.3 Å². The second-order valence-corrected chi connectivity index (χ2v) is 6.61. The lowest BCUT2D eigenvalue weighted by Crippen LogP contribution is -2.41. The summed E-state index contributed by atoms with van der Waals surface area (Å²) >= 11 is 1.62. The van der Waals surface area contributed by atoms with Gasteiger partial charge in [-0.2, -0.15) is 0 Å². The summed E-state index contributed by atoms with van der Waals surface area (Å²) < 4.78 is 5.91. The lowest BCUT2D eigenvalue weighted by Gasteiger charge is -2.32. The molecule has 1 aliphatic heterocycles. The lowest BCUT2D eigenvalue weighted by atomic mass is 10.1. The van der Waals surface area contributed by atoms with Crippen LogP contribution in [0.25, 0.3) is 0 Å². The highest BCUT2D eigenvalue weighted by atomic mass is 32.1. The molecule has 0 radical (unpaired) electrons. The van der Waals surface area contributed by atoms with E-state index in [9.17, 15) is 9.59 Å². The molecule has 0 spiro atoms. The van der Waals surface area contributed by atoms with Crippen LogP contribution in [0.3, 0.4) is 0 Å². The zero-order valence-electron chi connectivity index (χ0n) is 13.5. The minimum absolute atomic E-state index is 0.0263. The minimum atomic E-state index is -0.123. The van der Waals surface area contributed by atoms with Crippen LogP contribution in [0.2, 0.25) is 0 Å². The second-order valence-electron chi connectivity index (χ2n) is 5.83. The smallest absolute Gasteiger partial charge is 0.253 e. The highest BCUT2D eigenvalue weighted by Gasteiger charge is 2.24. The number of nitrogens with one attached hydrogen (secondary N) is 1. The lowest BCUT2D eigenvalue weighted by molar-refractivity contribution is -0.114. The molecular weight excluding hydrogens is 324 g/mol. The molecular formula is C18H20N2O3S. The Kier molecular flexibility index (Phi) is 5.15. The fourth-order valence-corrected chi connectivity index (χ4v) is 3.33. The molecule has 3 rings (SSSR count). The number of ether oxygens (including phenoxy) is 1. The van der Waals surface area contributed by atoms with E-state index in [1.54, 1.807) is 35.6 Å². The number of anilines is 1. The van der Waals surface area contributed by atoms with Gasteiger partial charge in [-0.25, -0.2) is 0 Å².